The van der Waals surface area contributed by atoms with Crippen molar-refractivity contribution in [3.05, 3.63) is 36.2 Å². The molecule has 1 saturated carbocycles. The van der Waals surface area contributed by atoms with Gasteiger partial charge in [0.05, 0.1) is 29.0 Å². The van der Waals surface area contributed by atoms with Crippen molar-refractivity contribution in [1.82, 2.24) is 9.97 Å². The maximum atomic E-state index is 6.36. The summed E-state index contributed by atoms with van der Waals surface area (Å²) in [4.78, 5) is 9.12. The van der Waals surface area contributed by atoms with E-state index in [9.17, 15) is 0 Å². The summed E-state index contributed by atoms with van der Waals surface area (Å²) in [6.07, 6.45) is 8.28. The molecule has 0 amide bonds. The lowest BCUT2D eigenvalue weighted by Crippen LogP contribution is -2.24. The molecule has 94 valence electrons. The summed E-state index contributed by atoms with van der Waals surface area (Å²) in [5.74, 6) is 0.578. The van der Waals surface area contributed by atoms with Crippen LogP contribution in [0.15, 0.2) is 30.5 Å². The van der Waals surface area contributed by atoms with E-state index in [0.29, 0.717) is 5.92 Å². The molecule has 0 bridgehead atoms. The minimum atomic E-state index is 0.0439. The van der Waals surface area contributed by atoms with Gasteiger partial charge < -0.3 is 5.73 Å². The fourth-order valence-corrected chi connectivity index (χ4v) is 2.87. The van der Waals surface area contributed by atoms with Crippen LogP contribution in [0.3, 0.4) is 0 Å². The lowest BCUT2D eigenvalue weighted by Gasteiger charge is -2.26. The van der Waals surface area contributed by atoms with Crippen LogP contribution in [0.2, 0.25) is 0 Å². The number of nitrogens with zero attached hydrogens (tertiary/aromatic N) is 2. The molecule has 2 N–H and O–H groups in total. The second kappa shape index (κ2) is 5.02. The van der Waals surface area contributed by atoms with Gasteiger partial charge in [0.25, 0.3) is 0 Å². The van der Waals surface area contributed by atoms with E-state index in [2.05, 4.69) is 9.97 Å². The number of aromatic nitrogens is 2. The Bertz CT molecular complexity index is 532. The van der Waals surface area contributed by atoms with Crippen LogP contribution in [-0.4, -0.2) is 9.97 Å². The molecular formula is C15H19N3. The molecule has 1 aliphatic rings. The molecule has 1 aromatic heterocycles. The van der Waals surface area contributed by atoms with Crippen molar-refractivity contribution >= 4 is 11.0 Å². The quantitative estimate of drug-likeness (QED) is 0.878. The smallest absolute Gasteiger partial charge is 0.0890 e. The predicted octanol–water partition coefficient (Wildman–Crippen LogP) is 3.21. The minimum absolute atomic E-state index is 0.0439. The van der Waals surface area contributed by atoms with Crippen molar-refractivity contribution in [2.45, 2.75) is 38.1 Å². The first-order chi connectivity index (χ1) is 8.84. The molecule has 3 rings (SSSR count). The summed E-state index contributed by atoms with van der Waals surface area (Å²) < 4.78 is 0. The molecule has 2 aromatic rings. The monoisotopic (exact) mass is 241 g/mol. The third-order valence-corrected chi connectivity index (χ3v) is 3.97. The molecule has 0 saturated heterocycles. The minimum Gasteiger partial charge on any atom is -0.322 e. The van der Waals surface area contributed by atoms with Gasteiger partial charge in [-0.1, -0.05) is 31.4 Å². The number of rotatable bonds is 2. The molecule has 0 spiro atoms. The summed E-state index contributed by atoms with van der Waals surface area (Å²) in [6.45, 7) is 0. The molecule has 0 radical (unpaired) electrons. The molecule has 1 fully saturated rings. The SMILES string of the molecule is NC(c1cnc2ccccc2n1)C1CCCCC1. The fourth-order valence-electron chi connectivity index (χ4n) is 2.87. The molecule has 1 aliphatic carbocycles. The second-order valence-corrected chi connectivity index (χ2v) is 5.21. The Morgan fingerprint density at radius 1 is 1.06 bits per heavy atom. The normalized spacial score (nSPS) is 18.9. The predicted molar refractivity (Wildman–Crippen MR) is 73.0 cm³/mol. The Kier molecular flexibility index (Phi) is 3.24. The average molecular weight is 241 g/mol. The Morgan fingerprint density at radius 2 is 1.78 bits per heavy atom. The van der Waals surface area contributed by atoms with Crippen molar-refractivity contribution in [3.8, 4) is 0 Å². The van der Waals surface area contributed by atoms with Gasteiger partial charge in [-0.15, -0.1) is 0 Å². The van der Waals surface area contributed by atoms with Crippen LogP contribution in [0.1, 0.15) is 43.8 Å². The zero-order chi connectivity index (χ0) is 12.4. The first-order valence-corrected chi connectivity index (χ1v) is 6.82. The highest BCUT2D eigenvalue weighted by atomic mass is 14.8. The topological polar surface area (TPSA) is 51.8 Å². The molecule has 1 heterocycles. The maximum Gasteiger partial charge on any atom is 0.0890 e. The zero-order valence-corrected chi connectivity index (χ0v) is 10.5. The van der Waals surface area contributed by atoms with Crippen LogP contribution in [0.4, 0.5) is 0 Å². The van der Waals surface area contributed by atoms with E-state index in [1.165, 1.54) is 32.1 Å². The van der Waals surface area contributed by atoms with Gasteiger partial charge >= 0.3 is 0 Å². The number of fused-ring (bicyclic) bond motifs is 1. The summed E-state index contributed by atoms with van der Waals surface area (Å²) >= 11 is 0. The Morgan fingerprint density at radius 3 is 2.56 bits per heavy atom. The van der Waals surface area contributed by atoms with E-state index >= 15 is 0 Å². The highest BCUT2D eigenvalue weighted by Gasteiger charge is 2.23. The highest BCUT2D eigenvalue weighted by molar-refractivity contribution is 5.73. The molecule has 3 heteroatoms. The van der Waals surface area contributed by atoms with E-state index in [4.69, 9.17) is 5.73 Å². The number of benzene rings is 1. The van der Waals surface area contributed by atoms with Gasteiger partial charge in [0, 0.05) is 0 Å². The Balaban J connectivity index is 1.88. The lowest BCUT2D eigenvalue weighted by atomic mass is 9.83. The molecule has 1 unspecified atom stereocenters. The van der Waals surface area contributed by atoms with E-state index < -0.39 is 0 Å². The standard InChI is InChI=1S/C15H19N3/c16-15(11-6-2-1-3-7-11)14-10-17-12-8-4-5-9-13(12)18-14/h4-5,8-11,15H,1-3,6-7,16H2. The van der Waals surface area contributed by atoms with Gasteiger partial charge in [-0.05, 0) is 30.9 Å². The van der Waals surface area contributed by atoms with Crippen molar-refractivity contribution < 1.29 is 0 Å². The van der Waals surface area contributed by atoms with Crippen LogP contribution in [0.5, 0.6) is 0 Å². The van der Waals surface area contributed by atoms with Crippen LogP contribution in [0.25, 0.3) is 11.0 Å². The van der Waals surface area contributed by atoms with Gasteiger partial charge in [-0.25, -0.2) is 4.98 Å². The van der Waals surface area contributed by atoms with E-state index in [-0.39, 0.29) is 6.04 Å². The number of hydrogen-bond acceptors (Lipinski definition) is 3. The lowest BCUT2D eigenvalue weighted by molar-refractivity contribution is 0.305. The van der Waals surface area contributed by atoms with Crippen molar-refractivity contribution in [2.75, 3.05) is 0 Å². The third-order valence-electron chi connectivity index (χ3n) is 3.97. The Hall–Kier alpha value is -1.48. The summed E-state index contributed by atoms with van der Waals surface area (Å²) in [7, 11) is 0. The Labute approximate surface area is 107 Å². The molecule has 1 atom stereocenters. The second-order valence-electron chi connectivity index (χ2n) is 5.21. The summed E-state index contributed by atoms with van der Waals surface area (Å²) in [5, 5.41) is 0. The van der Waals surface area contributed by atoms with Crippen molar-refractivity contribution in [1.29, 1.82) is 0 Å². The molecule has 18 heavy (non-hydrogen) atoms. The molecule has 3 nitrogen and oxygen atoms in total. The van der Waals surface area contributed by atoms with Gasteiger partial charge in [0.1, 0.15) is 0 Å². The molecule has 1 aromatic carbocycles. The largest absolute Gasteiger partial charge is 0.322 e. The van der Waals surface area contributed by atoms with Gasteiger partial charge in [-0.3, -0.25) is 4.98 Å². The van der Waals surface area contributed by atoms with Crippen molar-refractivity contribution in [2.24, 2.45) is 11.7 Å². The average Bonchev–Trinajstić information content (AvgIpc) is 2.47. The van der Waals surface area contributed by atoms with E-state index in [0.717, 1.165) is 16.7 Å². The first kappa shape index (κ1) is 11.6. The number of hydrogen-bond donors (Lipinski definition) is 1. The van der Waals surface area contributed by atoms with Gasteiger partial charge in [0.15, 0.2) is 0 Å². The zero-order valence-electron chi connectivity index (χ0n) is 10.5. The number of para-hydroxylation sites is 2. The first-order valence-electron chi connectivity index (χ1n) is 6.82. The fraction of sp³-hybridized carbons (Fsp3) is 0.467. The third kappa shape index (κ3) is 2.23. The molecular weight excluding hydrogens is 222 g/mol. The van der Waals surface area contributed by atoms with Gasteiger partial charge in [0.2, 0.25) is 0 Å². The summed E-state index contributed by atoms with van der Waals surface area (Å²) in [5.41, 5.74) is 9.19. The van der Waals surface area contributed by atoms with E-state index in [1.54, 1.807) is 0 Å². The molecule has 0 aliphatic heterocycles. The maximum absolute atomic E-state index is 6.36. The van der Waals surface area contributed by atoms with Crippen molar-refractivity contribution in [3.63, 3.8) is 0 Å². The summed E-state index contributed by atoms with van der Waals surface area (Å²) in [6, 6.07) is 8.00. The number of nitrogens with two attached hydrogens (primary N) is 1. The van der Waals surface area contributed by atoms with Crippen LogP contribution >= 0.6 is 0 Å². The van der Waals surface area contributed by atoms with E-state index in [1.807, 2.05) is 30.5 Å². The van der Waals surface area contributed by atoms with Gasteiger partial charge in [-0.2, -0.15) is 0 Å². The van der Waals surface area contributed by atoms with Crippen LogP contribution < -0.4 is 5.73 Å². The highest BCUT2D eigenvalue weighted by Crippen LogP contribution is 2.32. The van der Waals surface area contributed by atoms with Crippen LogP contribution in [-0.2, 0) is 0 Å². The van der Waals surface area contributed by atoms with Crippen LogP contribution in [0, 0.1) is 5.92 Å².